The lowest BCUT2D eigenvalue weighted by Gasteiger charge is -2.36. The second-order valence-electron chi connectivity index (χ2n) is 8.13. The number of anilines is 3. The quantitative estimate of drug-likeness (QED) is 0.620. The van der Waals surface area contributed by atoms with E-state index in [-0.39, 0.29) is 24.8 Å². The zero-order valence-electron chi connectivity index (χ0n) is 18.6. The maximum atomic E-state index is 15.0. The summed E-state index contributed by atoms with van der Waals surface area (Å²) in [6, 6.07) is 7.86. The first-order valence-electron chi connectivity index (χ1n) is 10.7. The number of rotatable bonds is 5. The van der Waals surface area contributed by atoms with Crippen LogP contribution in [0.4, 0.5) is 31.2 Å². The molecule has 2 aliphatic heterocycles. The van der Waals surface area contributed by atoms with Gasteiger partial charge in [-0.25, -0.2) is 14.2 Å². The summed E-state index contributed by atoms with van der Waals surface area (Å²) in [5, 5.41) is -0.435. The number of nitrogen functional groups attached to an aromatic ring is 1. The van der Waals surface area contributed by atoms with Gasteiger partial charge < -0.3 is 25.2 Å². The maximum Gasteiger partial charge on any atom is 0.414 e. The fraction of sp³-hybridized carbons (Fsp3) is 0.364. The molecule has 34 heavy (non-hydrogen) atoms. The molecule has 2 fully saturated rings. The molecule has 12 heteroatoms. The molecule has 3 amide bonds. The highest BCUT2D eigenvalue weighted by Gasteiger charge is 2.34. The lowest BCUT2D eigenvalue weighted by Crippen LogP contribution is -2.49. The molecule has 0 spiro atoms. The molecule has 4 rings (SSSR count). The molecule has 0 unspecified atom stereocenters. The molecule has 2 saturated heterocycles. The third kappa shape index (κ3) is 4.86. The van der Waals surface area contributed by atoms with Gasteiger partial charge in [0, 0.05) is 39.4 Å². The van der Waals surface area contributed by atoms with Gasteiger partial charge in [0.25, 0.3) is 11.1 Å². The van der Waals surface area contributed by atoms with Crippen LogP contribution in [0.5, 0.6) is 0 Å². The van der Waals surface area contributed by atoms with Gasteiger partial charge in [-0.1, -0.05) is 12.6 Å². The zero-order chi connectivity index (χ0) is 24.4. The summed E-state index contributed by atoms with van der Waals surface area (Å²) < 4.78 is 20.3. The van der Waals surface area contributed by atoms with Crippen LogP contribution < -0.4 is 15.5 Å². The van der Waals surface area contributed by atoms with Gasteiger partial charge in [0.2, 0.25) is 0 Å². The first kappa shape index (κ1) is 23.6. The number of thiol groups is 1. The fourth-order valence-electron chi connectivity index (χ4n) is 4.05. The zero-order valence-corrected chi connectivity index (χ0v) is 19.5. The number of amides is 3. The highest BCUT2D eigenvalue weighted by molar-refractivity contribution is 7.96. The van der Waals surface area contributed by atoms with Crippen LogP contribution >= 0.6 is 12.6 Å². The summed E-state index contributed by atoms with van der Waals surface area (Å²) in [5.41, 5.74) is 6.93. The molecular formula is C22H25FN6O4S. The Balaban J connectivity index is 1.39. The maximum absolute atomic E-state index is 15.0. The first-order chi connectivity index (χ1) is 16.2. The van der Waals surface area contributed by atoms with Crippen molar-refractivity contribution in [3.8, 4) is 0 Å². The van der Waals surface area contributed by atoms with Crippen molar-refractivity contribution < 1.29 is 23.5 Å². The lowest BCUT2D eigenvalue weighted by atomic mass is 10.1. The van der Waals surface area contributed by atoms with Crippen LogP contribution in [0.2, 0.25) is 0 Å². The number of benzene rings is 1. The monoisotopic (exact) mass is 488 g/mol. The number of nitrogens with zero attached hydrogens (tertiary/aromatic N) is 5. The number of carbonyl (C=O) groups excluding carboxylic acids is 3. The average molecular weight is 489 g/mol. The van der Waals surface area contributed by atoms with E-state index in [9.17, 15) is 14.4 Å². The molecule has 1 aromatic carbocycles. The van der Waals surface area contributed by atoms with E-state index in [0.717, 1.165) is 0 Å². The van der Waals surface area contributed by atoms with Crippen molar-refractivity contribution in [1.29, 1.82) is 0 Å². The number of piperazine rings is 1. The second kappa shape index (κ2) is 9.75. The van der Waals surface area contributed by atoms with Crippen LogP contribution in [-0.4, -0.2) is 84.4 Å². The number of aromatic nitrogens is 1. The van der Waals surface area contributed by atoms with Crippen molar-refractivity contribution in [3.05, 3.63) is 47.9 Å². The Bertz CT molecular complexity index is 1110. The Morgan fingerprint density at radius 3 is 2.65 bits per heavy atom. The van der Waals surface area contributed by atoms with Crippen LogP contribution in [0.25, 0.3) is 0 Å². The number of pyridine rings is 1. The first-order valence-corrected chi connectivity index (χ1v) is 11.2. The number of nitrogens with two attached hydrogens (primary N) is 1. The second-order valence-corrected chi connectivity index (χ2v) is 8.51. The van der Waals surface area contributed by atoms with E-state index in [0.29, 0.717) is 43.1 Å². The predicted octanol–water partition coefficient (Wildman–Crippen LogP) is 2.07. The third-order valence-electron chi connectivity index (χ3n) is 5.90. The molecule has 0 bridgehead atoms. The van der Waals surface area contributed by atoms with Gasteiger partial charge in [0.05, 0.1) is 30.0 Å². The van der Waals surface area contributed by atoms with Crippen molar-refractivity contribution in [1.82, 2.24) is 14.8 Å². The Kier molecular flexibility index (Phi) is 6.77. The Morgan fingerprint density at radius 2 is 2.00 bits per heavy atom. The van der Waals surface area contributed by atoms with Crippen LogP contribution in [0.1, 0.15) is 10.4 Å². The Labute approximate surface area is 201 Å². The van der Waals surface area contributed by atoms with Crippen molar-refractivity contribution in [2.75, 3.05) is 61.8 Å². The molecule has 1 atom stereocenters. The minimum Gasteiger partial charge on any atom is -0.442 e. The molecule has 10 nitrogen and oxygen atoms in total. The SMILES string of the molecule is CN(C[C@@H]1CN(c2ccc(N3CCN(C(=O)c4cccnc4N)CC3)c(F)c2)C(=O)O1)C(=O)S. The van der Waals surface area contributed by atoms with Gasteiger partial charge in [-0.2, -0.15) is 0 Å². The molecule has 0 aliphatic carbocycles. The topological polar surface area (TPSA) is 112 Å². The minimum atomic E-state index is -0.598. The number of halogens is 1. The van der Waals surface area contributed by atoms with E-state index in [2.05, 4.69) is 17.6 Å². The molecule has 2 aromatic rings. The van der Waals surface area contributed by atoms with Crippen LogP contribution in [-0.2, 0) is 4.74 Å². The average Bonchev–Trinajstić information content (AvgIpc) is 3.18. The van der Waals surface area contributed by atoms with Gasteiger partial charge in [-0.3, -0.25) is 14.5 Å². The van der Waals surface area contributed by atoms with Gasteiger partial charge >= 0.3 is 6.09 Å². The fourth-order valence-corrected chi connectivity index (χ4v) is 4.13. The molecule has 1 aromatic heterocycles. The van der Waals surface area contributed by atoms with Crippen molar-refractivity contribution in [3.63, 3.8) is 0 Å². The molecular weight excluding hydrogens is 463 g/mol. The standard InChI is InChI=1S/C22H25FN6O4S/c1-26(22(32)34)12-15-13-29(21(31)33-15)14-4-5-18(17(23)11-14)27-7-9-28(10-8-27)20(30)16-3-2-6-25-19(16)24/h2-6,11,15H,7-10,12-13H2,1H3,(H2,24,25)(H,32,34)/t15-/m1/s1. The summed E-state index contributed by atoms with van der Waals surface area (Å²) >= 11 is 3.74. The number of cyclic esters (lactones) is 1. The van der Waals surface area contributed by atoms with Crippen LogP contribution in [0, 0.1) is 5.82 Å². The Hall–Kier alpha value is -3.54. The van der Waals surface area contributed by atoms with E-state index in [1.807, 2.05) is 4.90 Å². The van der Waals surface area contributed by atoms with Crippen molar-refractivity contribution >= 4 is 47.1 Å². The van der Waals surface area contributed by atoms with Crippen LogP contribution in [0.3, 0.4) is 0 Å². The molecule has 2 N–H and O–H groups in total. The third-order valence-corrected chi connectivity index (χ3v) is 6.24. The summed E-state index contributed by atoms with van der Waals surface area (Å²) in [5.74, 6) is -0.496. The molecule has 3 heterocycles. The molecule has 180 valence electrons. The van der Waals surface area contributed by atoms with E-state index in [1.165, 1.54) is 22.1 Å². The van der Waals surface area contributed by atoms with E-state index < -0.39 is 23.3 Å². The van der Waals surface area contributed by atoms with E-state index in [4.69, 9.17) is 10.5 Å². The summed E-state index contributed by atoms with van der Waals surface area (Å²) in [7, 11) is 1.55. The summed E-state index contributed by atoms with van der Waals surface area (Å²) in [4.78, 5) is 46.4. The highest BCUT2D eigenvalue weighted by atomic mass is 32.1. The van der Waals surface area contributed by atoms with Gasteiger partial charge in [0.15, 0.2) is 0 Å². The molecule has 2 aliphatic rings. The smallest absolute Gasteiger partial charge is 0.414 e. The normalized spacial score (nSPS) is 18.1. The highest BCUT2D eigenvalue weighted by Crippen LogP contribution is 2.29. The van der Waals surface area contributed by atoms with Gasteiger partial charge in [-0.15, -0.1) is 0 Å². The largest absolute Gasteiger partial charge is 0.442 e. The molecule has 0 saturated carbocycles. The summed E-state index contributed by atoms with van der Waals surface area (Å²) in [6.07, 6.45) is 0.398. The number of ether oxygens (including phenoxy) is 1. The molecule has 0 radical (unpaired) electrons. The number of hydrogen-bond donors (Lipinski definition) is 2. The number of likely N-dealkylation sites (N-methyl/N-ethyl adjacent to an activating group) is 1. The van der Waals surface area contributed by atoms with Crippen LogP contribution in [0.15, 0.2) is 36.5 Å². The van der Waals surface area contributed by atoms with E-state index >= 15 is 4.39 Å². The number of hydrogen-bond acceptors (Lipinski definition) is 7. The van der Waals surface area contributed by atoms with Crippen molar-refractivity contribution in [2.45, 2.75) is 6.10 Å². The Morgan fingerprint density at radius 1 is 1.26 bits per heavy atom. The number of carbonyl (C=O) groups is 3. The summed E-state index contributed by atoms with van der Waals surface area (Å²) in [6.45, 7) is 2.10. The lowest BCUT2D eigenvalue weighted by molar-refractivity contribution is 0.0747. The predicted molar refractivity (Wildman–Crippen MR) is 128 cm³/mol. The van der Waals surface area contributed by atoms with Gasteiger partial charge in [0.1, 0.15) is 17.7 Å². The van der Waals surface area contributed by atoms with Crippen molar-refractivity contribution in [2.24, 2.45) is 0 Å². The minimum absolute atomic E-state index is 0.183. The van der Waals surface area contributed by atoms with E-state index in [1.54, 1.807) is 36.2 Å². The van der Waals surface area contributed by atoms with Gasteiger partial charge in [-0.05, 0) is 30.3 Å².